The Labute approximate surface area is 197 Å². The first-order chi connectivity index (χ1) is 16.7. The summed E-state index contributed by atoms with van der Waals surface area (Å²) < 4.78 is 49.9. The van der Waals surface area contributed by atoms with Crippen molar-refractivity contribution in [2.24, 2.45) is 7.05 Å². The Morgan fingerprint density at radius 1 is 0.914 bits per heavy atom. The van der Waals surface area contributed by atoms with Gasteiger partial charge in [-0.1, -0.05) is 18.2 Å². The number of ether oxygens (including phenoxy) is 1. The number of methoxy groups -OCH3 is 1. The minimum atomic E-state index is -4.59. The number of hydrogen-bond donors (Lipinski definition) is 0. The molecule has 0 aliphatic heterocycles. The molecular weight excluding hydrogens is 459 g/mol. The molecule has 9 heteroatoms. The molecular formula is C26H18F3N3O3. The Balaban J connectivity index is 1.64. The molecule has 0 saturated carbocycles. The van der Waals surface area contributed by atoms with Crippen molar-refractivity contribution in [3.63, 3.8) is 0 Å². The van der Waals surface area contributed by atoms with Crippen molar-refractivity contribution < 1.29 is 27.5 Å². The molecule has 0 unspecified atom stereocenters. The molecule has 2 aromatic carbocycles. The second-order valence-corrected chi connectivity index (χ2v) is 8.03. The van der Waals surface area contributed by atoms with Crippen molar-refractivity contribution in [1.29, 1.82) is 0 Å². The molecule has 176 valence electrons. The third kappa shape index (κ3) is 3.74. The van der Waals surface area contributed by atoms with Crippen molar-refractivity contribution in [1.82, 2.24) is 14.0 Å². The van der Waals surface area contributed by atoms with Crippen LogP contribution in [0.3, 0.4) is 0 Å². The number of aryl methyl sites for hydroxylation is 1. The van der Waals surface area contributed by atoms with Crippen molar-refractivity contribution in [2.45, 2.75) is 6.18 Å². The number of carbonyl (C=O) groups excluding carboxylic acids is 2. The quantitative estimate of drug-likeness (QED) is 0.252. The summed E-state index contributed by atoms with van der Waals surface area (Å²) in [6.07, 6.45) is -1.50. The summed E-state index contributed by atoms with van der Waals surface area (Å²) in [5, 5.41) is 0. The Morgan fingerprint density at radius 2 is 1.63 bits per heavy atom. The number of hydrogen-bond acceptors (Lipinski definition) is 4. The number of benzene rings is 2. The molecule has 5 rings (SSSR count). The number of rotatable bonds is 4. The Hall–Kier alpha value is -4.40. The number of aromatic nitrogens is 3. The number of esters is 1. The molecule has 0 fully saturated rings. The van der Waals surface area contributed by atoms with Crippen LogP contribution in [0.15, 0.2) is 73.2 Å². The molecule has 5 aromatic rings. The third-order valence-electron chi connectivity index (χ3n) is 5.95. The number of fused-ring (bicyclic) bond motifs is 2. The van der Waals surface area contributed by atoms with E-state index >= 15 is 0 Å². The fourth-order valence-corrected chi connectivity index (χ4v) is 4.21. The van der Waals surface area contributed by atoms with Crippen LogP contribution in [0.2, 0.25) is 0 Å². The highest BCUT2D eigenvalue weighted by molar-refractivity contribution is 6.09. The fraction of sp³-hybridized carbons (Fsp3) is 0.115. The SMILES string of the molecule is COC(=O)c1ccc(C(=O)c2ccc3c(-c4cc5ncn(C)c5cc4C(F)(F)F)cccn23)cc1. The molecule has 0 atom stereocenters. The number of nitrogens with zero attached hydrogens (tertiary/aromatic N) is 3. The zero-order chi connectivity index (χ0) is 24.9. The van der Waals surface area contributed by atoms with Crippen LogP contribution in [0.25, 0.3) is 27.7 Å². The molecule has 0 radical (unpaired) electrons. The van der Waals surface area contributed by atoms with E-state index in [0.717, 1.165) is 6.07 Å². The second-order valence-electron chi connectivity index (χ2n) is 8.03. The summed E-state index contributed by atoms with van der Waals surface area (Å²) in [6.45, 7) is 0. The van der Waals surface area contributed by atoms with Gasteiger partial charge >= 0.3 is 12.1 Å². The summed E-state index contributed by atoms with van der Waals surface area (Å²) in [4.78, 5) is 29.1. The van der Waals surface area contributed by atoms with Crippen molar-refractivity contribution in [3.8, 4) is 11.1 Å². The predicted octanol–water partition coefficient (Wildman–Crippen LogP) is 5.53. The summed E-state index contributed by atoms with van der Waals surface area (Å²) in [6, 6.07) is 14.9. The van der Waals surface area contributed by atoms with E-state index in [1.54, 1.807) is 41.9 Å². The Morgan fingerprint density at radius 3 is 2.31 bits per heavy atom. The maximum absolute atomic E-state index is 14.0. The average Bonchev–Trinajstić information content (AvgIpc) is 3.45. The first-order valence-corrected chi connectivity index (χ1v) is 10.5. The largest absolute Gasteiger partial charge is 0.465 e. The highest BCUT2D eigenvalue weighted by Crippen LogP contribution is 2.40. The zero-order valence-electron chi connectivity index (χ0n) is 18.6. The number of ketones is 1. The lowest BCUT2D eigenvalue weighted by atomic mass is 9.98. The molecule has 6 nitrogen and oxygen atoms in total. The molecule has 0 amide bonds. The molecule has 0 aliphatic carbocycles. The van der Waals surface area contributed by atoms with Gasteiger partial charge in [0, 0.05) is 24.4 Å². The van der Waals surface area contributed by atoms with Crippen LogP contribution in [-0.2, 0) is 18.0 Å². The van der Waals surface area contributed by atoms with Crippen LogP contribution in [0.5, 0.6) is 0 Å². The highest BCUT2D eigenvalue weighted by atomic mass is 19.4. The van der Waals surface area contributed by atoms with Gasteiger partial charge in [0.25, 0.3) is 0 Å². The number of pyridine rings is 1. The lowest BCUT2D eigenvalue weighted by Crippen LogP contribution is -2.09. The minimum Gasteiger partial charge on any atom is -0.465 e. The van der Waals surface area contributed by atoms with Gasteiger partial charge in [-0.05, 0) is 48.0 Å². The van der Waals surface area contributed by atoms with Crippen LogP contribution >= 0.6 is 0 Å². The van der Waals surface area contributed by atoms with Crippen molar-refractivity contribution in [2.75, 3.05) is 7.11 Å². The number of imidazole rings is 1. The van der Waals surface area contributed by atoms with Crippen LogP contribution in [-0.4, -0.2) is 32.8 Å². The van der Waals surface area contributed by atoms with Gasteiger partial charge in [-0.2, -0.15) is 13.2 Å². The monoisotopic (exact) mass is 477 g/mol. The van der Waals surface area contributed by atoms with Crippen LogP contribution in [0, 0.1) is 0 Å². The van der Waals surface area contributed by atoms with E-state index in [4.69, 9.17) is 0 Å². The summed E-state index contributed by atoms with van der Waals surface area (Å²) in [5.41, 5.74) is 1.68. The van der Waals surface area contributed by atoms with Crippen molar-refractivity contribution in [3.05, 3.63) is 95.6 Å². The third-order valence-corrected chi connectivity index (χ3v) is 5.95. The normalized spacial score (nSPS) is 11.8. The molecule has 0 N–H and O–H groups in total. The lowest BCUT2D eigenvalue weighted by Gasteiger charge is -2.15. The number of halogens is 3. The molecule has 0 spiro atoms. The van der Waals surface area contributed by atoms with E-state index in [9.17, 15) is 22.8 Å². The van der Waals surface area contributed by atoms with E-state index in [1.165, 1.54) is 48.3 Å². The summed E-state index contributed by atoms with van der Waals surface area (Å²) in [5.74, 6) is -0.859. The van der Waals surface area contributed by atoms with Crippen LogP contribution in [0.4, 0.5) is 13.2 Å². The smallest absolute Gasteiger partial charge is 0.417 e. The molecule has 35 heavy (non-hydrogen) atoms. The van der Waals surface area contributed by atoms with Gasteiger partial charge in [-0.25, -0.2) is 9.78 Å². The van der Waals surface area contributed by atoms with Gasteiger partial charge in [0.05, 0.1) is 46.8 Å². The lowest BCUT2D eigenvalue weighted by molar-refractivity contribution is -0.137. The van der Waals surface area contributed by atoms with Crippen molar-refractivity contribution >= 4 is 28.3 Å². The molecule has 3 aromatic heterocycles. The standard InChI is InChI=1S/C26H18F3N3O3/c1-31-14-30-20-12-18(19(13-23(20)31)26(27,28)29)17-4-3-11-32-21(17)9-10-22(32)24(33)15-5-7-16(8-6-15)25(34)35-2/h3-14H,1-2H3. The van der Waals surface area contributed by atoms with E-state index in [1.807, 2.05) is 0 Å². The van der Waals surface area contributed by atoms with Gasteiger partial charge in [0.1, 0.15) is 0 Å². The molecule has 3 heterocycles. The topological polar surface area (TPSA) is 65.6 Å². The summed E-state index contributed by atoms with van der Waals surface area (Å²) >= 11 is 0. The van der Waals surface area contributed by atoms with Gasteiger partial charge in [-0.15, -0.1) is 0 Å². The number of carbonyl (C=O) groups is 2. The first-order valence-electron chi connectivity index (χ1n) is 10.5. The molecule has 0 saturated heterocycles. The molecule has 0 aliphatic rings. The van der Waals surface area contributed by atoms with Crippen LogP contribution < -0.4 is 0 Å². The maximum atomic E-state index is 14.0. The first kappa shape index (κ1) is 22.4. The van der Waals surface area contributed by atoms with E-state index in [2.05, 4.69) is 9.72 Å². The molecule has 0 bridgehead atoms. The van der Waals surface area contributed by atoms with Gasteiger partial charge in [0.2, 0.25) is 5.78 Å². The average molecular weight is 477 g/mol. The van der Waals surface area contributed by atoms with Crippen LogP contribution in [0.1, 0.15) is 32.0 Å². The predicted molar refractivity (Wildman–Crippen MR) is 123 cm³/mol. The Kier molecular flexibility index (Phi) is 5.20. The number of alkyl halides is 3. The van der Waals surface area contributed by atoms with Gasteiger partial charge in [-0.3, -0.25) is 4.79 Å². The van der Waals surface area contributed by atoms with E-state index in [-0.39, 0.29) is 17.0 Å². The highest BCUT2D eigenvalue weighted by Gasteiger charge is 2.35. The van der Waals surface area contributed by atoms with Gasteiger partial charge < -0.3 is 13.7 Å². The Bertz CT molecular complexity index is 1610. The minimum absolute atomic E-state index is 0.0196. The summed E-state index contributed by atoms with van der Waals surface area (Å²) in [7, 11) is 2.90. The van der Waals surface area contributed by atoms with E-state index in [0.29, 0.717) is 33.2 Å². The second kappa shape index (κ2) is 8.12. The van der Waals surface area contributed by atoms with E-state index < -0.39 is 17.7 Å². The fourth-order valence-electron chi connectivity index (χ4n) is 4.21. The maximum Gasteiger partial charge on any atom is 0.417 e. The van der Waals surface area contributed by atoms with Gasteiger partial charge in [0.15, 0.2) is 0 Å². The zero-order valence-corrected chi connectivity index (χ0v) is 18.6.